The molecule has 0 saturated heterocycles. The second-order valence-electron chi connectivity index (χ2n) is 6.11. The first-order chi connectivity index (χ1) is 12.6. The minimum Gasteiger partial charge on any atom is -0.496 e. The van der Waals surface area contributed by atoms with Crippen LogP contribution in [0.25, 0.3) is 22.0 Å². The lowest BCUT2D eigenvalue weighted by molar-refractivity contribution is -0.117. The smallest absolute Gasteiger partial charge is 0.231 e. The Balaban J connectivity index is 1.73. The number of nitrogens with two attached hydrogens (primary N) is 1. The molecule has 1 aliphatic rings. The summed E-state index contributed by atoms with van der Waals surface area (Å²) in [6, 6.07) is 5.24. The molecule has 1 amide bonds. The van der Waals surface area contributed by atoms with Crippen LogP contribution in [0.1, 0.15) is 6.42 Å². The molecule has 0 radical (unpaired) electrons. The predicted octanol–water partition coefficient (Wildman–Crippen LogP) is 2.58. The molecule has 0 unspecified atom stereocenters. The van der Waals surface area contributed by atoms with E-state index in [1.807, 2.05) is 6.07 Å². The first kappa shape index (κ1) is 16.2. The highest BCUT2D eigenvalue weighted by Gasteiger charge is 2.43. The molecule has 3 N–H and O–H groups in total. The van der Waals surface area contributed by atoms with Crippen LogP contribution in [-0.4, -0.2) is 34.1 Å². The fraction of sp³-hybridized carbons (Fsp3) is 0.222. The van der Waals surface area contributed by atoms with E-state index in [0.29, 0.717) is 34.0 Å². The Hall–Kier alpha value is -3.29. The molecule has 3 aromatic rings. The van der Waals surface area contributed by atoms with Crippen LogP contribution in [0.3, 0.4) is 0 Å². The number of rotatable bonds is 4. The van der Waals surface area contributed by atoms with Crippen LogP contribution in [0.5, 0.6) is 5.75 Å². The summed E-state index contributed by atoms with van der Waals surface area (Å²) in [5, 5.41) is 4.04. The van der Waals surface area contributed by atoms with Gasteiger partial charge in [-0.15, -0.1) is 0 Å². The van der Waals surface area contributed by atoms with Gasteiger partial charge in [0.2, 0.25) is 5.91 Å². The third-order valence-electron chi connectivity index (χ3n) is 4.32. The van der Waals surface area contributed by atoms with E-state index >= 15 is 0 Å². The number of methoxy groups -OCH3 is 1. The molecule has 1 aliphatic carbocycles. The van der Waals surface area contributed by atoms with Crippen molar-refractivity contribution >= 4 is 28.3 Å². The summed E-state index contributed by atoms with van der Waals surface area (Å²) in [5.74, 6) is 0.332. The molecule has 1 fully saturated rings. The zero-order valence-corrected chi connectivity index (χ0v) is 13.9. The second kappa shape index (κ2) is 6.21. The zero-order chi connectivity index (χ0) is 18.3. The maximum Gasteiger partial charge on any atom is 0.231 e. The van der Waals surface area contributed by atoms with Crippen molar-refractivity contribution in [3.8, 4) is 17.0 Å². The van der Waals surface area contributed by atoms with Crippen molar-refractivity contribution in [2.24, 2.45) is 5.92 Å². The van der Waals surface area contributed by atoms with E-state index in [1.54, 1.807) is 31.6 Å². The zero-order valence-electron chi connectivity index (χ0n) is 13.9. The van der Waals surface area contributed by atoms with Gasteiger partial charge >= 0.3 is 0 Å². The number of fused-ring (bicyclic) bond motifs is 1. The molecule has 8 heteroatoms. The van der Waals surface area contributed by atoms with Crippen LogP contribution in [0.4, 0.5) is 16.0 Å². The number of nitrogens with zero attached hydrogens (tertiary/aromatic N) is 3. The Labute approximate surface area is 148 Å². The number of carbonyl (C=O) groups is 1. The van der Waals surface area contributed by atoms with Crippen molar-refractivity contribution in [2.45, 2.75) is 12.6 Å². The maximum atomic E-state index is 13.0. The number of hydrogen-bond donors (Lipinski definition) is 2. The molecule has 0 aromatic carbocycles. The molecule has 132 valence electrons. The van der Waals surface area contributed by atoms with Gasteiger partial charge in [-0.3, -0.25) is 9.78 Å². The number of hydrogen-bond acceptors (Lipinski definition) is 6. The molecule has 2 atom stereocenters. The average Bonchev–Trinajstić information content (AvgIpc) is 3.38. The van der Waals surface area contributed by atoms with Crippen molar-refractivity contribution < 1.29 is 13.9 Å². The lowest BCUT2D eigenvalue weighted by Gasteiger charge is -2.10. The molecule has 0 bridgehead atoms. The molecule has 3 heterocycles. The Morgan fingerprint density at radius 1 is 1.38 bits per heavy atom. The van der Waals surface area contributed by atoms with E-state index in [0.717, 1.165) is 5.39 Å². The summed E-state index contributed by atoms with van der Waals surface area (Å²) in [5.41, 5.74) is 7.35. The van der Waals surface area contributed by atoms with E-state index in [1.165, 1.54) is 6.20 Å². The lowest BCUT2D eigenvalue weighted by atomic mass is 10.1. The van der Waals surface area contributed by atoms with Gasteiger partial charge in [0, 0.05) is 24.0 Å². The van der Waals surface area contributed by atoms with Gasteiger partial charge in [0.05, 0.1) is 24.3 Å². The van der Waals surface area contributed by atoms with E-state index in [-0.39, 0.29) is 12.3 Å². The summed E-state index contributed by atoms with van der Waals surface area (Å²) < 4.78 is 18.4. The highest BCUT2D eigenvalue weighted by atomic mass is 19.1. The minimum absolute atomic E-state index is 0.265. The number of anilines is 2. The number of alkyl halides is 1. The number of nitrogens with one attached hydrogen (secondary N) is 1. The van der Waals surface area contributed by atoms with Crippen molar-refractivity contribution in [1.29, 1.82) is 0 Å². The molecule has 0 aliphatic heterocycles. The normalized spacial score (nSPS) is 18.5. The summed E-state index contributed by atoms with van der Waals surface area (Å²) >= 11 is 0. The Morgan fingerprint density at radius 2 is 2.19 bits per heavy atom. The molecular formula is C18H16FN5O2. The predicted molar refractivity (Wildman–Crippen MR) is 95.4 cm³/mol. The third kappa shape index (κ3) is 2.90. The summed E-state index contributed by atoms with van der Waals surface area (Å²) in [4.78, 5) is 24.6. The molecule has 3 aromatic heterocycles. The summed E-state index contributed by atoms with van der Waals surface area (Å²) in [6.07, 6.45) is 4.02. The topological polar surface area (TPSA) is 103 Å². The number of amides is 1. The number of aromatic nitrogens is 3. The quantitative estimate of drug-likeness (QED) is 0.747. The van der Waals surface area contributed by atoms with Crippen molar-refractivity contribution in [3.05, 3.63) is 36.8 Å². The van der Waals surface area contributed by atoms with E-state index in [4.69, 9.17) is 10.5 Å². The number of ether oxygens (including phenoxy) is 1. The number of halogens is 1. The average molecular weight is 353 g/mol. The number of pyridine rings is 3. The van der Waals surface area contributed by atoms with Crippen LogP contribution in [-0.2, 0) is 4.79 Å². The monoisotopic (exact) mass is 353 g/mol. The van der Waals surface area contributed by atoms with Gasteiger partial charge in [-0.2, -0.15) is 0 Å². The summed E-state index contributed by atoms with van der Waals surface area (Å²) in [7, 11) is 1.57. The van der Waals surface area contributed by atoms with Crippen LogP contribution < -0.4 is 15.8 Å². The van der Waals surface area contributed by atoms with E-state index in [9.17, 15) is 9.18 Å². The molecule has 26 heavy (non-hydrogen) atoms. The molecular weight excluding hydrogens is 337 g/mol. The Kier molecular flexibility index (Phi) is 3.87. The van der Waals surface area contributed by atoms with Gasteiger partial charge in [-0.25, -0.2) is 14.4 Å². The highest BCUT2D eigenvalue weighted by Crippen LogP contribution is 2.35. The lowest BCUT2D eigenvalue weighted by Crippen LogP contribution is -2.15. The Bertz CT molecular complexity index is 1010. The molecule has 4 rings (SSSR count). The van der Waals surface area contributed by atoms with E-state index in [2.05, 4.69) is 20.3 Å². The minimum atomic E-state index is -1.06. The standard InChI is InChI=1S/C18H16FN5O2/c1-26-15-2-3-21-7-12(15)14-4-9-5-16(22-8-11(9)17(20)23-14)24-18(25)10-6-13(10)19/h2-5,7-8,10,13H,6H2,1H3,(H2,20,23)(H,22,24,25)/t10-,13+/m1/s1. The van der Waals surface area contributed by atoms with Crippen LogP contribution in [0.2, 0.25) is 0 Å². The van der Waals surface area contributed by atoms with E-state index < -0.39 is 12.1 Å². The van der Waals surface area contributed by atoms with Crippen LogP contribution in [0, 0.1) is 5.92 Å². The van der Waals surface area contributed by atoms with Gasteiger partial charge in [-0.05, 0) is 30.0 Å². The molecule has 1 saturated carbocycles. The number of carbonyl (C=O) groups excluding carboxylic acids is 1. The van der Waals surface area contributed by atoms with Crippen LogP contribution >= 0.6 is 0 Å². The van der Waals surface area contributed by atoms with Gasteiger partial charge < -0.3 is 15.8 Å². The number of nitrogen functional groups attached to an aromatic ring is 1. The van der Waals surface area contributed by atoms with Gasteiger partial charge in [0.15, 0.2) is 0 Å². The fourth-order valence-electron chi connectivity index (χ4n) is 2.79. The SMILES string of the molecule is COc1ccncc1-c1cc2cc(NC(=O)[C@@H]3C[C@@H]3F)ncc2c(N)n1. The van der Waals surface area contributed by atoms with Crippen LogP contribution in [0.15, 0.2) is 36.8 Å². The van der Waals surface area contributed by atoms with Crippen molar-refractivity contribution in [1.82, 2.24) is 15.0 Å². The molecule has 0 spiro atoms. The van der Waals surface area contributed by atoms with Crippen molar-refractivity contribution in [2.75, 3.05) is 18.2 Å². The fourth-order valence-corrected chi connectivity index (χ4v) is 2.79. The van der Waals surface area contributed by atoms with Gasteiger partial charge in [0.25, 0.3) is 0 Å². The Morgan fingerprint density at radius 3 is 2.92 bits per heavy atom. The third-order valence-corrected chi connectivity index (χ3v) is 4.32. The first-order valence-corrected chi connectivity index (χ1v) is 8.06. The maximum absolute atomic E-state index is 13.0. The van der Waals surface area contributed by atoms with Gasteiger partial charge in [-0.1, -0.05) is 0 Å². The summed E-state index contributed by atoms with van der Waals surface area (Å²) in [6.45, 7) is 0. The van der Waals surface area contributed by atoms with Gasteiger partial charge in [0.1, 0.15) is 23.6 Å². The second-order valence-corrected chi connectivity index (χ2v) is 6.11. The first-order valence-electron chi connectivity index (χ1n) is 8.06. The highest BCUT2D eigenvalue weighted by molar-refractivity contribution is 5.98. The van der Waals surface area contributed by atoms with Crippen molar-refractivity contribution in [3.63, 3.8) is 0 Å². The molecule has 7 nitrogen and oxygen atoms in total. The largest absolute Gasteiger partial charge is 0.496 e.